The molecule has 0 aliphatic rings. The van der Waals surface area contributed by atoms with E-state index in [0.717, 1.165) is 0 Å². The maximum absolute atomic E-state index is 2.29. The van der Waals surface area contributed by atoms with Gasteiger partial charge in [0, 0.05) is 0 Å². The maximum atomic E-state index is 2.29. The van der Waals surface area contributed by atoms with E-state index in [1.54, 1.807) is 8.26 Å². The first kappa shape index (κ1) is 9.88. The van der Waals surface area contributed by atoms with Gasteiger partial charge in [-0.05, 0) is 0 Å². The minimum absolute atomic E-state index is 0.0390. The van der Waals surface area contributed by atoms with Gasteiger partial charge in [0.25, 0.3) is 0 Å². The summed E-state index contributed by atoms with van der Waals surface area (Å²) in [6, 6.07) is 0. The summed E-state index contributed by atoms with van der Waals surface area (Å²) in [6.45, 7) is 4.59. The summed E-state index contributed by atoms with van der Waals surface area (Å²) < 4.78 is 3.30. The molecule has 0 aliphatic heterocycles. The zero-order valence-corrected chi connectivity index (χ0v) is 10.6. The fourth-order valence-corrected chi connectivity index (χ4v) is 6.39. The van der Waals surface area contributed by atoms with Crippen molar-refractivity contribution in [3.63, 3.8) is 0 Å². The van der Waals surface area contributed by atoms with E-state index in [9.17, 15) is 0 Å². The van der Waals surface area contributed by atoms with Crippen molar-refractivity contribution in [3.05, 3.63) is 0 Å². The fourth-order valence-electron chi connectivity index (χ4n) is 0.729. The van der Waals surface area contributed by atoms with Gasteiger partial charge in [0.15, 0.2) is 0 Å². The van der Waals surface area contributed by atoms with Crippen LogP contribution in [0.3, 0.4) is 0 Å². The second kappa shape index (κ2) is 8.88. The van der Waals surface area contributed by atoms with Crippen LogP contribution in [-0.2, 0) is 0 Å². The van der Waals surface area contributed by atoms with E-state index in [1.165, 1.54) is 25.7 Å². The molecule has 0 heterocycles. The van der Waals surface area contributed by atoms with Crippen LogP contribution in [0.25, 0.3) is 0 Å². The standard InChI is InChI=1S/2C4H9.Bi.H/c2*1-3-4-2;;/h2*1,3-4H2,2H3;;. The SMILES string of the molecule is CCC[CH2][BiH][CH2]CCC. The molecule has 0 spiro atoms. The summed E-state index contributed by atoms with van der Waals surface area (Å²) in [4.78, 5) is 0. The van der Waals surface area contributed by atoms with Crippen LogP contribution >= 0.6 is 0 Å². The molecule has 0 amide bonds. The normalized spacial score (nSPS) is 10.0. The summed E-state index contributed by atoms with van der Waals surface area (Å²) in [7, 11) is 0. The number of hydrogen-bond donors (Lipinski definition) is 0. The molecule has 0 fully saturated rings. The molecule has 0 aliphatic carbocycles. The Kier molecular flexibility index (Phi) is 9.75. The van der Waals surface area contributed by atoms with Gasteiger partial charge in [-0.1, -0.05) is 0 Å². The van der Waals surface area contributed by atoms with Crippen LogP contribution in [-0.4, -0.2) is 23.2 Å². The quantitative estimate of drug-likeness (QED) is 0.521. The summed E-state index contributed by atoms with van der Waals surface area (Å²) in [5, 5.41) is 0. The van der Waals surface area contributed by atoms with E-state index in [2.05, 4.69) is 13.8 Å². The Hall–Kier alpha value is 0.883. The Bertz CT molecular complexity index is 37.8. The van der Waals surface area contributed by atoms with Gasteiger partial charge >= 0.3 is 71.0 Å². The average molecular weight is 324 g/mol. The van der Waals surface area contributed by atoms with E-state index >= 15 is 0 Å². The zero-order valence-electron chi connectivity index (χ0n) is 6.74. The molecule has 0 N–H and O–H groups in total. The molecule has 0 rings (SSSR count). The molecular weight excluding hydrogens is 305 g/mol. The molecular formula is C8H19Bi. The topological polar surface area (TPSA) is 0 Å². The monoisotopic (exact) mass is 324 g/mol. The van der Waals surface area contributed by atoms with Crippen molar-refractivity contribution in [2.75, 3.05) is 0 Å². The van der Waals surface area contributed by atoms with Gasteiger partial charge in [0.05, 0.1) is 0 Å². The van der Waals surface area contributed by atoms with Gasteiger partial charge in [-0.25, -0.2) is 0 Å². The molecule has 56 valence electrons. The molecule has 0 aromatic heterocycles. The van der Waals surface area contributed by atoms with E-state index < -0.39 is 0 Å². The third-order valence-electron chi connectivity index (χ3n) is 1.41. The predicted molar refractivity (Wildman–Crippen MR) is 46.6 cm³/mol. The van der Waals surface area contributed by atoms with Crippen LogP contribution < -0.4 is 0 Å². The molecule has 0 atom stereocenters. The summed E-state index contributed by atoms with van der Waals surface area (Å²) >= 11 is -0.0390. The minimum atomic E-state index is -0.0390. The van der Waals surface area contributed by atoms with E-state index in [0.29, 0.717) is 0 Å². The first-order chi connectivity index (χ1) is 4.41. The fraction of sp³-hybridized carbons (Fsp3) is 1.00. The van der Waals surface area contributed by atoms with Crippen molar-refractivity contribution >= 4 is 23.2 Å². The molecule has 1 heteroatoms. The van der Waals surface area contributed by atoms with Gasteiger partial charge in [-0.2, -0.15) is 0 Å². The van der Waals surface area contributed by atoms with Gasteiger partial charge in [-0.3, -0.25) is 0 Å². The first-order valence-electron chi connectivity index (χ1n) is 4.12. The second-order valence-electron chi connectivity index (χ2n) is 2.46. The third kappa shape index (κ3) is 8.88. The Morgan fingerprint density at radius 1 is 0.889 bits per heavy atom. The van der Waals surface area contributed by atoms with Crippen LogP contribution in [0, 0.1) is 0 Å². The van der Waals surface area contributed by atoms with Gasteiger partial charge < -0.3 is 0 Å². The van der Waals surface area contributed by atoms with Gasteiger partial charge in [0.1, 0.15) is 0 Å². The predicted octanol–water partition coefficient (Wildman–Crippen LogP) is 2.86. The summed E-state index contributed by atoms with van der Waals surface area (Å²) in [5.41, 5.74) is 0. The van der Waals surface area contributed by atoms with Crippen LogP contribution in [0.5, 0.6) is 0 Å². The second-order valence-corrected chi connectivity index (χ2v) is 8.29. The Morgan fingerprint density at radius 3 is 1.67 bits per heavy atom. The van der Waals surface area contributed by atoms with Gasteiger partial charge in [0.2, 0.25) is 0 Å². The molecule has 9 heavy (non-hydrogen) atoms. The summed E-state index contributed by atoms with van der Waals surface area (Å²) in [6.07, 6.45) is 5.87. The number of hydrogen-bond acceptors (Lipinski definition) is 0. The Balaban J connectivity index is 2.60. The Morgan fingerprint density at radius 2 is 1.33 bits per heavy atom. The van der Waals surface area contributed by atoms with Crippen LogP contribution in [0.1, 0.15) is 39.5 Å². The number of rotatable bonds is 6. The summed E-state index contributed by atoms with van der Waals surface area (Å²) in [5.74, 6) is 0. The van der Waals surface area contributed by atoms with Crippen molar-refractivity contribution < 1.29 is 0 Å². The molecule has 0 unspecified atom stereocenters. The van der Waals surface area contributed by atoms with Crippen LogP contribution in [0.2, 0.25) is 8.26 Å². The first-order valence-corrected chi connectivity index (χ1v) is 9.62. The van der Waals surface area contributed by atoms with Crippen molar-refractivity contribution in [2.45, 2.75) is 47.8 Å². The van der Waals surface area contributed by atoms with Crippen molar-refractivity contribution in [1.29, 1.82) is 0 Å². The molecule has 0 bridgehead atoms. The van der Waals surface area contributed by atoms with Crippen LogP contribution in [0.4, 0.5) is 0 Å². The zero-order chi connectivity index (χ0) is 6.95. The molecule has 0 nitrogen and oxygen atoms in total. The van der Waals surface area contributed by atoms with Crippen molar-refractivity contribution in [2.24, 2.45) is 0 Å². The van der Waals surface area contributed by atoms with Crippen molar-refractivity contribution in [1.82, 2.24) is 0 Å². The Labute approximate surface area is 71.0 Å². The number of unbranched alkanes of at least 4 members (excludes halogenated alkanes) is 2. The van der Waals surface area contributed by atoms with Crippen molar-refractivity contribution in [3.8, 4) is 0 Å². The van der Waals surface area contributed by atoms with E-state index in [-0.39, 0.29) is 23.2 Å². The van der Waals surface area contributed by atoms with E-state index in [4.69, 9.17) is 0 Å². The average Bonchev–Trinajstić information content (AvgIpc) is 1.89. The van der Waals surface area contributed by atoms with Gasteiger partial charge in [-0.15, -0.1) is 0 Å². The third-order valence-corrected chi connectivity index (χ3v) is 6.91. The molecule has 0 aromatic carbocycles. The van der Waals surface area contributed by atoms with Crippen LogP contribution in [0.15, 0.2) is 0 Å². The van der Waals surface area contributed by atoms with E-state index in [1.807, 2.05) is 0 Å². The molecule has 0 aromatic rings. The molecule has 0 saturated carbocycles. The molecule has 0 saturated heterocycles. The molecule has 0 radical (unpaired) electrons.